The molecule has 14 heavy (non-hydrogen) atoms. The van der Waals surface area contributed by atoms with Crippen LogP contribution in [0.25, 0.3) is 0 Å². The van der Waals surface area contributed by atoms with Crippen LogP contribution < -0.4 is 5.32 Å². The number of halogens is 3. The van der Waals surface area contributed by atoms with Gasteiger partial charge in [-0.15, -0.1) is 0 Å². The molecule has 0 aromatic rings. The van der Waals surface area contributed by atoms with E-state index in [9.17, 15) is 22.8 Å². The fourth-order valence-corrected chi connectivity index (χ4v) is 1.39. The number of hydrogen-bond donors (Lipinski definition) is 1. The van der Waals surface area contributed by atoms with Gasteiger partial charge in [-0.1, -0.05) is 6.42 Å². The van der Waals surface area contributed by atoms with E-state index in [1.807, 2.05) is 0 Å². The van der Waals surface area contributed by atoms with Gasteiger partial charge in [0.25, 0.3) is 0 Å². The maximum Gasteiger partial charge on any atom is 0.450 e. The van der Waals surface area contributed by atoms with E-state index in [4.69, 9.17) is 0 Å². The molecule has 1 aliphatic heterocycles. The zero-order valence-electron chi connectivity index (χ0n) is 7.36. The third-order valence-corrected chi connectivity index (χ3v) is 2.13. The lowest BCUT2D eigenvalue weighted by Gasteiger charge is -2.13. The molecule has 1 rings (SSSR count). The van der Waals surface area contributed by atoms with E-state index in [1.54, 1.807) is 0 Å². The number of carbonyl (C=O) groups is 2. The minimum Gasteiger partial charge on any atom is -0.355 e. The van der Waals surface area contributed by atoms with Crippen LogP contribution in [0.5, 0.6) is 0 Å². The minimum atomic E-state index is -4.91. The molecule has 0 aromatic heterocycles. The molecular weight excluding hydrogens is 199 g/mol. The first-order valence-corrected chi connectivity index (χ1v) is 4.31. The molecule has 6 heteroatoms. The Bertz CT molecular complexity index is 249. The zero-order chi connectivity index (χ0) is 10.8. The van der Waals surface area contributed by atoms with Crippen LogP contribution in [-0.4, -0.2) is 24.4 Å². The monoisotopic (exact) mass is 209 g/mol. The number of nitrogens with one attached hydrogen (secondary N) is 1. The summed E-state index contributed by atoms with van der Waals surface area (Å²) in [7, 11) is 0. The smallest absolute Gasteiger partial charge is 0.355 e. The van der Waals surface area contributed by atoms with Gasteiger partial charge in [0.1, 0.15) is 5.92 Å². The third-order valence-electron chi connectivity index (χ3n) is 2.13. The predicted octanol–water partition coefficient (Wildman–Crippen LogP) is 1.03. The largest absolute Gasteiger partial charge is 0.450 e. The van der Waals surface area contributed by atoms with Crippen molar-refractivity contribution < 1.29 is 22.8 Å². The highest BCUT2D eigenvalue weighted by atomic mass is 19.4. The molecule has 1 amide bonds. The first kappa shape index (κ1) is 11.0. The average Bonchev–Trinajstić information content (AvgIpc) is 2.27. The van der Waals surface area contributed by atoms with Crippen LogP contribution in [-0.2, 0) is 9.59 Å². The number of ketones is 1. The summed E-state index contributed by atoms with van der Waals surface area (Å²) in [5.74, 6) is -4.28. The van der Waals surface area contributed by atoms with Gasteiger partial charge in [-0.2, -0.15) is 13.2 Å². The number of rotatable bonds is 1. The summed E-state index contributed by atoms with van der Waals surface area (Å²) in [6, 6.07) is 0. The molecule has 0 aliphatic carbocycles. The topological polar surface area (TPSA) is 46.2 Å². The van der Waals surface area contributed by atoms with Crippen LogP contribution in [0.2, 0.25) is 0 Å². The quantitative estimate of drug-likeness (QED) is 0.656. The highest BCUT2D eigenvalue weighted by molar-refractivity contribution is 6.03. The third kappa shape index (κ3) is 2.46. The van der Waals surface area contributed by atoms with Crippen molar-refractivity contribution in [3.8, 4) is 0 Å². The number of carbonyl (C=O) groups excluding carboxylic acids is 2. The van der Waals surface area contributed by atoms with E-state index in [-0.39, 0.29) is 6.42 Å². The van der Waals surface area contributed by atoms with Gasteiger partial charge in [-0.05, 0) is 12.8 Å². The predicted molar refractivity (Wildman–Crippen MR) is 41.4 cm³/mol. The summed E-state index contributed by atoms with van der Waals surface area (Å²) in [5, 5.41) is 2.29. The lowest BCUT2D eigenvalue weighted by Crippen LogP contribution is -2.40. The summed E-state index contributed by atoms with van der Waals surface area (Å²) in [6.45, 7) is 0.348. The Morgan fingerprint density at radius 3 is 2.57 bits per heavy atom. The molecule has 1 saturated heterocycles. The fraction of sp³-hybridized carbons (Fsp3) is 0.750. The second-order valence-corrected chi connectivity index (χ2v) is 3.20. The lowest BCUT2D eigenvalue weighted by atomic mass is 9.97. The van der Waals surface area contributed by atoms with Gasteiger partial charge >= 0.3 is 6.18 Å². The lowest BCUT2D eigenvalue weighted by molar-refractivity contribution is -0.177. The number of Topliss-reactive ketones (excluding diaryl/α,β-unsaturated/α-hetero) is 1. The Balaban J connectivity index is 2.74. The Hall–Kier alpha value is -1.07. The van der Waals surface area contributed by atoms with Crippen molar-refractivity contribution >= 4 is 11.7 Å². The van der Waals surface area contributed by atoms with Crippen molar-refractivity contribution in [1.82, 2.24) is 5.32 Å². The van der Waals surface area contributed by atoms with E-state index >= 15 is 0 Å². The summed E-state index contributed by atoms with van der Waals surface area (Å²) in [4.78, 5) is 21.9. The molecule has 0 spiro atoms. The van der Waals surface area contributed by atoms with Gasteiger partial charge in [0.15, 0.2) is 0 Å². The van der Waals surface area contributed by atoms with Crippen LogP contribution in [0, 0.1) is 5.92 Å². The first-order valence-electron chi connectivity index (χ1n) is 4.31. The number of amides is 1. The Morgan fingerprint density at radius 1 is 1.36 bits per heavy atom. The second-order valence-electron chi connectivity index (χ2n) is 3.20. The molecule has 1 unspecified atom stereocenters. The van der Waals surface area contributed by atoms with Crippen LogP contribution >= 0.6 is 0 Å². The Kier molecular flexibility index (Phi) is 3.13. The van der Waals surface area contributed by atoms with Gasteiger partial charge in [0, 0.05) is 6.54 Å². The Labute approximate surface area is 78.7 Å². The van der Waals surface area contributed by atoms with E-state index in [1.165, 1.54) is 0 Å². The van der Waals surface area contributed by atoms with E-state index in [0.717, 1.165) is 0 Å². The van der Waals surface area contributed by atoms with Crippen molar-refractivity contribution in [2.24, 2.45) is 5.92 Å². The van der Waals surface area contributed by atoms with Crippen molar-refractivity contribution in [2.75, 3.05) is 6.54 Å². The second kappa shape index (κ2) is 3.98. The van der Waals surface area contributed by atoms with E-state index in [0.29, 0.717) is 19.4 Å². The fourth-order valence-electron chi connectivity index (χ4n) is 1.39. The molecule has 1 aliphatic rings. The van der Waals surface area contributed by atoms with Crippen molar-refractivity contribution in [3.05, 3.63) is 0 Å². The molecule has 0 aromatic carbocycles. The van der Waals surface area contributed by atoms with Crippen LogP contribution in [0.15, 0.2) is 0 Å². The van der Waals surface area contributed by atoms with E-state index in [2.05, 4.69) is 5.32 Å². The maximum atomic E-state index is 12.0. The van der Waals surface area contributed by atoms with Gasteiger partial charge in [-0.25, -0.2) is 0 Å². The number of hydrogen-bond acceptors (Lipinski definition) is 2. The minimum absolute atomic E-state index is 0.00975. The highest BCUT2D eigenvalue weighted by Crippen LogP contribution is 2.25. The molecule has 1 atom stereocenters. The summed E-state index contributed by atoms with van der Waals surface area (Å²) in [6.07, 6.45) is -3.84. The van der Waals surface area contributed by atoms with E-state index < -0.39 is 23.8 Å². The molecule has 3 nitrogen and oxygen atoms in total. The van der Waals surface area contributed by atoms with Crippen molar-refractivity contribution in [1.29, 1.82) is 0 Å². The molecule has 80 valence electrons. The normalized spacial score (nSPS) is 23.9. The van der Waals surface area contributed by atoms with Gasteiger partial charge in [-0.3, -0.25) is 9.59 Å². The molecule has 0 saturated carbocycles. The molecule has 1 heterocycles. The van der Waals surface area contributed by atoms with Crippen molar-refractivity contribution in [2.45, 2.75) is 25.4 Å². The Morgan fingerprint density at radius 2 is 2.00 bits per heavy atom. The SMILES string of the molecule is O=C1NCCCCC1C(=O)C(F)(F)F. The number of alkyl halides is 3. The maximum absolute atomic E-state index is 12.0. The van der Waals surface area contributed by atoms with Crippen LogP contribution in [0.3, 0.4) is 0 Å². The standard InChI is InChI=1S/C8H10F3NO2/c9-8(10,11)6(13)5-3-1-2-4-12-7(5)14/h5H,1-4H2,(H,12,14). The van der Waals surface area contributed by atoms with Crippen LogP contribution in [0.4, 0.5) is 13.2 Å². The van der Waals surface area contributed by atoms with Crippen LogP contribution in [0.1, 0.15) is 19.3 Å². The molecule has 0 bridgehead atoms. The van der Waals surface area contributed by atoms with Gasteiger partial charge in [0.2, 0.25) is 11.7 Å². The molecule has 1 fully saturated rings. The van der Waals surface area contributed by atoms with Gasteiger partial charge < -0.3 is 5.32 Å². The molecular formula is C8H10F3NO2. The van der Waals surface area contributed by atoms with Crippen molar-refractivity contribution in [3.63, 3.8) is 0 Å². The summed E-state index contributed by atoms with van der Waals surface area (Å²) < 4.78 is 36.0. The first-order chi connectivity index (χ1) is 6.43. The summed E-state index contributed by atoms with van der Waals surface area (Å²) >= 11 is 0. The molecule has 0 radical (unpaired) electrons. The zero-order valence-corrected chi connectivity index (χ0v) is 7.36. The average molecular weight is 209 g/mol. The molecule has 1 N–H and O–H groups in total. The van der Waals surface area contributed by atoms with Gasteiger partial charge in [0.05, 0.1) is 0 Å². The highest BCUT2D eigenvalue weighted by Gasteiger charge is 2.46. The summed E-state index contributed by atoms with van der Waals surface area (Å²) in [5.41, 5.74) is 0.